The molecule has 0 heterocycles. The quantitative estimate of drug-likeness (QED) is 0.824. The summed E-state index contributed by atoms with van der Waals surface area (Å²) in [6.45, 7) is 1.88. The zero-order valence-corrected chi connectivity index (χ0v) is 11.1. The summed E-state index contributed by atoms with van der Waals surface area (Å²) in [5, 5.41) is 3.54. The van der Waals surface area contributed by atoms with Crippen LogP contribution in [0.15, 0.2) is 60.7 Å². The van der Waals surface area contributed by atoms with E-state index < -0.39 is 0 Å². The van der Waals surface area contributed by atoms with Crippen molar-refractivity contribution in [2.24, 2.45) is 0 Å². The fraction of sp³-hybridized carbons (Fsp3) is 0.300. The predicted octanol–water partition coefficient (Wildman–Crippen LogP) is 5.08. The molecule has 2 aromatic carbocycles. The van der Waals surface area contributed by atoms with Gasteiger partial charge in [0.15, 0.2) is 0 Å². The highest BCUT2D eigenvalue weighted by Gasteiger charge is 2.10. The lowest BCUT2D eigenvalue weighted by Crippen LogP contribution is -2.17. The molecule has 1 heteroatoms. The second-order valence-electron chi connectivity index (χ2n) is 5.01. The van der Waals surface area contributed by atoms with Gasteiger partial charge in [-0.05, 0) is 35.1 Å². The van der Waals surface area contributed by atoms with E-state index in [1.807, 2.05) is 0 Å². The molecule has 0 atom stereocenters. The summed E-state index contributed by atoms with van der Waals surface area (Å²) in [7, 11) is 0. The number of allylic oxidation sites excluding steroid dienone is 1. The van der Waals surface area contributed by atoms with Gasteiger partial charge in [0.1, 0.15) is 0 Å². The van der Waals surface area contributed by atoms with Crippen LogP contribution in [0.1, 0.15) is 38.0 Å². The predicted molar refractivity (Wildman–Crippen MR) is 94.4 cm³/mol. The number of aryl methyl sites for hydroxylation is 1. The van der Waals surface area contributed by atoms with Gasteiger partial charge in [0.2, 0.25) is 0 Å². The molecule has 1 nitrogen and oxygen atoms in total. The van der Waals surface area contributed by atoms with Crippen molar-refractivity contribution in [3.8, 4) is 0 Å². The first-order chi connectivity index (χ1) is 9.43. The summed E-state index contributed by atoms with van der Waals surface area (Å²) in [6, 6.07) is 19.3. The lowest BCUT2D eigenvalue weighted by molar-refractivity contribution is 0.762. The first-order valence-corrected chi connectivity index (χ1v) is 6.95. The Morgan fingerprint density at radius 1 is 0.810 bits per heavy atom. The van der Waals surface area contributed by atoms with Crippen LogP contribution in [0.5, 0.6) is 0 Å². The highest BCUT2D eigenvalue weighted by Crippen LogP contribution is 2.25. The van der Waals surface area contributed by atoms with Gasteiger partial charge in [0.25, 0.3) is 0 Å². The molecule has 0 saturated heterocycles. The molecule has 21 heavy (non-hydrogen) atoms. The third-order valence-electron chi connectivity index (χ3n) is 3.66. The van der Waals surface area contributed by atoms with E-state index in [9.17, 15) is 0 Å². The van der Waals surface area contributed by atoms with Gasteiger partial charge >= 0.3 is 0 Å². The van der Waals surface area contributed by atoms with E-state index in [-0.39, 0.29) is 14.9 Å². The monoisotopic (exact) mass is 281 g/mol. The minimum atomic E-state index is 0. The molecular weight excluding hydrogens is 254 g/mol. The van der Waals surface area contributed by atoms with E-state index in [4.69, 9.17) is 0 Å². The highest BCUT2D eigenvalue weighted by molar-refractivity contribution is 5.71. The summed E-state index contributed by atoms with van der Waals surface area (Å²) >= 11 is 0. The molecule has 2 aromatic rings. The Hall–Kier alpha value is -1.86. The van der Waals surface area contributed by atoms with Crippen LogP contribution in [0.25, 0.3) is 5.57 Å². The molecule has 0 aliphatic heterocycles. The van der Waals surface area contributed by atoms with Gasteiger partial charge in [0, 0.05) is 13.1 Å². The SMILES string of the molecule is C.C.C1=C(CNCc2ccccc2)c2ccccc2CC1. The van der Waals surface area contributed by atoms with Gasteiger partial charge in [-0.15, -0.1) is 0 Å². The molecule has 0 radical (unpaired) electrons. The van der Waals surface area contributed by atoms with E-state index in [1.165, 1.54) is 35.1 Å². The molecule has 0 unspecified atom stereocenters. The first-order valence-electron chi connectivity index (χ1n) is 6.95. The number of benzene rings is 2. The van der Waals surface area contributed by atoms with E-state index in [2.05, 4.69) is 66.0 Å². The maximum atomic E-state index is 3.54. The summed E-state index contributed by atoms with van der Waals surface area (Å²) in [5.74, 6) is 0. The minimum Gasteiger partial charge on any atom is -0.309 e. The molecule has 0 amide bonds. The fourth-order valence-corrected chi connectivity index (χ4v) is 2.67. The molecule has 1 aliphatic rings. The second-order valence-corrected chi connectivity index (χ2v) is 5.01. The molecule has 3 rings (SSSR count). The Balaban J connectivity index is 0.00000110. The lowest BCUT2D eigenvalue weighted by Gasteiger charge is -2.18. The van der Waals surface area contributed by atoms with Crippen molar-refractivity contribution >= 4 is 5.57 Å². The summed E-state index contributed by atoms with van der Waals surface area (Å²) in [6.07, 6.45) is 4.72. The van der Waals surface area contributed by atoms with Crippen molar-refractivity contribution in [3.05, 3.63) is 77.4 Å². The molecule has 0 spiro atoms. The standard InChI is InChI=1S/C18H19N.2CH4/c1-2-7-15(8-3-1)13-19-14-17-11-6-10-16-9-4-5-12-18(16)17;;/h1-5,7-9,11-12,19H,6,10,13-14H2;2*1H4. The zero-order valence-electron chi connectivity index (χ0n) is 11.1. The van der Waals surface area contributed by atoms with Crippen molar-refractivity contribution in [3.63, 3.8) is 0 Å². The van der Waals surface area contributed by atoms with Crippen LogP contribution in [0.3, 0.4) is 0 Å². The number of hydrogen-bond donors (Lipinski definition) is 1. The Labute approximate surface area is 129 Å². The third-order valence-corrected chi connectivity index (χ3v) is 3.66. The number of rotatable bonds is 4. The Kier molecular flexibility index (Phi) is 6.90. The van der Waals surface area contributed by atoms with Crippen molar-refractivity contribution in [1.29, 1.82) is 0 Å². The largest absolute Gasteiger partial charge is 0.309 e. The average Bonchev–Trinajstić information content (AvgIpc) is 2.49. The van der Waals surface area contributed by atoms with Crippen LogP contribution in [0, 0.1) is 0 Å². The normalized spacial score (nSPS) is 12.5. The van der Waals surface area contributed by atoms with E-state index in [0.717, 1.165) is 13.1 Å². The van der Waals surface area contributed by atoms with Gasteiger partial charge in [-0.1, -0.05) is 75.5 Å². The Morgan fingerprint density at radius 3 is 2.33 bits per heavy atom. The number of fused-ring (bicyclic) bond motifs is 1. The molecule has 0 fully saturated rings. The molecule has 0 bridgehead atoms. The van der Waals surface area contributed by atoms with Crippen LogP contribution in [0.2, 0.25) is 0 Å². The van der Waals surface area contributed by atoms with Crippen LogP contribution in [0.4, 0.5) is 0 Å². The van der Waals surface area contributed by atoms with Crippen LogP contribution in [-0.2, 0) is 13.0 Å². The first kappa shape index (κ1) is 17.2. The average molecular weight is 281 g/mol. The van der Waals surface area contributed by atoms with E-state index in [1.54, 1.807) is 0 Å². The zero-order chi connectivity index (χ0) is 12.9. The van der Waals surface area contributed by atoms with Crippen molar-refractivity contribution in [2.75, 3.05) is 6.54 Å². The number of hydrogen-bond acceptors (Lipinski definition) is 1. The van der Waals surface area contributed by atoms with Crippen molar-refractivity contribution in [2.45, 2.75) is 34.2 Å². The number of nitrogens with one attached hydrogen (secondary N) is 1. The Bertz CT molecular complexity index is 569. The van der Waals surface area contributed by atoms with Gasteiger partial charge < -0.3 is 5.32 Å². The fourth-order valence-electron chi connectivity index (χ4n) is 2.67. The molecular formula is C20H27N. The second kappa shape index (κ2) is 8.43. The van der Waals surface area contributed by atoms with Crippen molar-refractivity contribution in [1.82, 2.24) is 5.32 Å². The van der Waals surface area contributed by atoms with Gasteiger partial charge in [-0.25, -0.2) is 0 Å². The van der Waals surface area contributed by atoms with Crippen LogP contribution < -0.4 is 5.32 Å². The molecule has 0 saturated carbocycles. The summed E-state index contributed by atoms with van der Waals surface area (Å²) < 4.78 is 0. The third kappa shape index (κ3) is 4.30. The lowest BCUT2D eigenvalue weighted by atomic mass is 9.91. The topological polar surface area (TPSA) is 12.0 Å². The molecule has 112 valence electrons. The van der Waals surface area contributed by atoms with Crippen LogP contribution in [-0.4, -0.2) is 6.54 Å². The summed E-state index contributed by atoms with van der Waals surface area (Å²) in [4.78, 5) is 0. The molecule has 1 aliphatic carbocycles. The highest BCUT2D eigenvalue weighted by atomic mass is 14.8. The maximum Gasteiger partial charge on any atom is 0.0211 e. The van der Waals surface area contributed by atoms with Gasteiger partial charge in [-0.2, -0.15) is 0 Å². The molecule has 0 aromatic heterocycles. The molecule has 1 N–H and O–H groups in total. The van der Waals surface area contributed by atoms with Crippen LogP contribution >= 0.6 is 0 Å². The van der Waals surface area contributed by atoms with Crippen molar-refractivity contribution < 1.29 is 0 Å². The van der Waals surface area contributed by atoms with E-state index in [0.29, 0.717) is 0 Å². The van der Waals surface area contributed by atoms with Gasteiger partial charge in [-0.3, -0.25) is 0 Å². The van der Waals surface area contributed by atoms with E-state index >= 15 is 0 Å². The Morgan fingerprint density at radius 2 is 1.52 bits per heavy atom. The maximum absolute atomic E-state index is 3.54. The summed E-state index contributed by atoms with van der Waals surface area (Å²) in [5.41, 5.74) is 5.70. The minimum absolute atomic E-state index is 0. The smallest absolute Gasteiger partial charge is 0.0211 e. The van der Waals surface area contributed by atoms with Gasteiger partial charge in [0.05, 0.1) is 0 Å².